The lowest BCUT2D eigenvalue weighted by Crippen LogP contribution is -2.36. The van der Waals surface area contributed by atoms with Gasteiger partial charge in [0.05, 0.1) is 12.2 Å². The number of aryl methyl sites for hydroxylation is 1. The minimum absolute atomic E-state index is 0.138. The highest BCUT2D eigenvalue weighted by Gasteiger charge is 2.12. The van der Waals surface area contributed by atoms with E-state index in [1.54, 1.807) is 0 Å². The average molecular weight is 288 g/mol. The maximum atomic E-state index is 5.33. The Labute approximate surface area is 125 Å². The van der Waals surface area contributed by atoms with Crippen LogP contribution in [0.3, 0.4) is 0 Å². The van der Waals surface area contributed by atoms with Crippen molar-refractivity contribution in [2.75, 3.05) is 0 Å². The number of rotatable bonds is 4. The van der Waals surface area contributed by atoms with Crippen LogP contribution in [0.1, 0.15) is 29.8 Å². The van der Waals surface area contributed by atoms with Gasteiger partial charge in [0, 0.05) is 24.8 Å². The molecule has 1 aromatic carbocycles. The molecule has 0 aliphatic rings. The quantitative estimate of drug-likeness (QED) is 0.848. The third-order valence-corrected chi connectivity index (χ3v) is 3.65. The first-order valence-corrected chi connectivity index (χ1v) is 7.05. The molecule has 0 saturated heterocycles. The highest BCUT2D eigenvalue weighted by atomic mass is 32.1. The lowest BCUT2D eigenvalue weighted by atomic mass is 10.1. The Hall–Kier alpha value is -1.88. The van der Waals surface area contributed by atoms with Crippen LogP contribution in [0.15, 0.2) is 36.5 Å². The molecule has 1 unspecified atom stereocenters. The number of hydrogen-bond donors (Lipinski definition) is 2. The molecule has 0 saturated carbocycles. The summed E-state index contributed by atoms with van der Waals surface area (Å²) >= 11 is 5.33. The maximum Gasteiger partial charge on any atom is 0.167 e. The van der Waals surface area contributed by atoms with Crippen LogP contribution in [-0.4, -0.2) is 14.9 Å². The van der Waals surface area contributed by atoms with E-state index < -0.39 is 0 Å². The van der Waals surface area contributed by atoms with E-state index in [1.807, 2.05) is 36.1 Å². The summed E-state index contributed by atoms with van der Waals surface area (Å²) in [6.07, 6.45) is 1.88. The van der Waals surface area contributed by atoms with Crippen LogP contribution in [0.25, 0.3) is 0 Å². The molecule has 0 aliphatic carbocycles. The summed E-state index contributed by atoms with van der Waals surface area (Å²) in [5.74, 6) is 0. The summed E-state index contributed by atoms with van der Waals surface area (Å²) < 4.78 is 1.87. The molecule has 5 heteroatoms. The highest BCUT2D eigenvalue weighted by Crippen LogP contribution is 2.15. The minimum Gasteiger partial charge on any atom is -0.359 e. The van der Waals surface area contributed by atoms with Crippen LogP contribution < -0.4 is 10.6 Å². The predicted octanol–water partition coefficient (Wildman–Crippen LogP) is 2.45. The standard InChI is InChI=1S/C15H20N4S/c1-11(14-10-17-19(3)12(14)2)18-15(20)16-9-13-7-5-4-6-8-13/h4-8,10-11H,9H2,1-3H3,(H2,16,18,20). The minimum atomic E-state index is 0.138. The SMILES string of the molecule is Cc1c(C(C)NC(=S)NCc2ccccc2)cnn1C. The molecule has 2 aromatic rings. The molecule has 4 nitrogen and oxygen atoms in total. The molecule has 0 amide bonds. The summed E-state index contributed by atoms with van der Waals surface area (Å²) in [5.41, 5.74) is 3.52. The van der Waals surface area contributed by atoms with Gasteiger partial charge in [-0.1, -0.05) is 30.3 Å². The van der Waals surface area contributed by atoms with Crippen LogP contribution >= 0.6 is 12.2 Å². The Kier molecular flexibility index (Phi) is 4.74. The summed E-state index contributed by atoms with van der Waals surface area (Å²) in [6, 6.07) is 10.3. The molecule has 1 aromatic heterocycles. The topological polar surface area (TPSA) is 41.9 Å². The molecule has 2 rings (SSSR count). The molecule has 0 aliphatic heterocycles. The van der Waals surface area contributed by atoms with E-state index in [9.17, 15) is 0 Å². The molecule has 20 heavy (non-hydrogen) atoms. The van der Waals surface area contributed by atoms with Crippen LogP contribution in [0, 0.1) is 6.92 Å². The molecule has 0 bridgehead atoms. The Balaban J connectivity index is 1.87. The van der Waals surface area contributed by atoms with E-state index in [0.29, 0.717) is 5.11 Å². The fourth-order valence-corrected chi connectivity index (χ4v) is 2.29. The van der Waals surface area contributed by atoms with Crippen molar-refractivity contribution in [2.24, 2.45) is 7.05 Å². The zero-order chi connectivity index (χ0) is 14.5. The van der Waals surface area contributed by atoms with Crippen LogP contribution in [-0.2, 0) is 13.6 Å². The van der Waals surface area contributed by atoms with E-state index in [0.717, 1.165) is 17.8 Å². The van der Waals surface area contributed by atoms with E-state index in [-0.39, 0.29) is 6.04 Å². The average Bonchev–Trinajstić information content (AvgIpc) is 2.78. The first kappa shape index (κ1) is 14.5. The molecule has 0 spiro atoms. The Morgan fingerprint density at radius 3 is 2.65 bits per heavy atom. The lowest BCUT2D eigenvalue weighted by Gasteiger charge is -2.17. The van der Waals surface area contributed by atoms with Gasteiger partial charge < -0.3 is 10.6 Å². The Morgan fingerprint density at radius 2 is 2.05 bits per heavy atom. The molecule has 1 atom stereocenters. The van der Waals surface area contributed by atoms with Gasteiger partial charge in [-0.2, -0.15) is 5.10 Å². The number of nitrogens with zero attached hydrogens (tertiary/aromatic N) is 2. The van der Waals surface area contributed by atoms with Gasteiger partial charge in [0.2, 0.25) is 0 Å². The van der Waals surface area contributed by atoms with Crippen LogP contribution in [0.2, 0.25) is 0 Å². The van der Waals surface area contributed by atoms with Gasteiger partial charge in [-0.15, -0.1) is 0 Å². The van der Waals surface area contributed by atoms with Gasteiger partial charge >= 0.3 is 0 Å². The monoisotopic (exact) mass is 288 g/mol. The number of aromatic nitrogens is 2. The maximum absolute atomic E-state index is 5.33. The van der Waals surface area contributed by atoms with E-state index in [4.69, 9.17) is 12.2 Å². The van der Waals surface area contributed by atoms with Crippen molar-refractivity contribution in [3.05, 3.63) is 53.3 Å². The number of nitrogens with one attached hydrogen (secondary N) is 2. The van der Waals surface area contributed by atoms with E-state index in [1.165, 1.54) is 5.56 Å². The fourth-order valence-electron chi connectivity index (χ4n) is 2.04. The van der Waals surface area contributed by atoms with Crippen molar-refractivity contribution in [3.8, 4) is 0 Å². The normalized spacial score (nSPS) is 11.9. The second-order valence-electron chi connectivity index (χ2n) is 4.84. The van der Waals surface area contributed by atoms with Gasteiger partial charge in [0.1, 0.15) is 0 Å². The summed E-state index contributed by atoms with van der Waals surface area (Å²) in [7, 11) is 1.94. The fraction of sp³-hybridized carbons (Fsp3) is 0.333. The number of hydrogen-bond acceptors (Lipinski definition) is 2. The van der Waals surface area contributed by atoms with Crippen molar-refractivity contribution < 1.29 is 0 Å². The molecule has 1 heterocycles. The zero-order valence-corrected chi connectivity index (χ0v) is 12.9. The predicted molar refractivity (Wildman–Crippen MR) is 85.4 cm³/mol. The van der Waals surface area contributed by atoms with E-state index >= 15 is 0 Å². The number of benzene rings is 1. The summed E-state index contributed by atoms with van der Waals surface area (Å²) in [6.45, 7) is 4.87. The lowest BCUT2D eigenvalue weighted by molar-refractivity contribution is 0.684. The largest absolute Gasteiger partial charge is 0.359 e. The van der Waals surface area contributed by atoms with Crippen molar-refractivity contribution in [2.45, 2.75) is 26.4 Å². The third-order valence-electron chi connectivity index (χ3n) is 3.38. The summed E-state index contributed by atoms with van der Waals surface area (Å²) in [4.78, 5) is 0. The van der Waals surface area contributed by atoms with Crippen molar-refractivity contribution >= 4 is 17.3 Å². The Bertz CT molecular complexity index is 577. The molecular weight excluding hydrogens is 268 g/mol. The van der Waals surface area contributed by atoms with Gasteiger partial charge in [0.15, 0.2) is 5.11 Å². The van der Waals surface area contributed by atoms with Gasteiger partial charge in [-0.3, -0.25) is 4.68 Å². The highest BCUT2D eigenvalue weighted by molar-refractivity contribution is 7.80. The Morgan fingerprint density at radius 1 is 1.35 bits per heavy atom. The van der Waals surface area contributed by atoms with Crippen molar-refractivity contribution in [3.63, 3.8) is 0 Å². The molecule has 2 N–H and O–H groups in total. The summed E-state index contributed by atoms with van der Waals surface area (Å²) in [5, 5.41) is 11.4. The zero-order valence-electron chi connectivity index (χ0n) is 12.1. The van der Waals surface area contributed by atoms with Gasteiger partial charge in [0.25, 0.3) is 0 Å². The third kappa shape index (κ3) is 3.57. The van der Waals surface area contributed by atoms with Crippen molar-refractivity contribution in [1.29, 1.82) is 0 Å². The molecular formula is C15H20N4S. The second-order valence-corrected chi connectivity index (χ2v) is 5.25. The molecule has 0 radical (unpaired) electrons. The number of thiocarbonyl (C=S) groups is 1. The first-order valence-electron chi connectivity index (χ1n) is 6.64. The second kappa shape index (κ2) is 6.52. The smallest absolute Gasteiger partial charge is 0.167 e. The first-order chi connectivity index (χ1) is 9.58. The van der Waals surface area contributed by atoms with Crippen molar-refractivity contribution in [1.82, 2.24) is 20.4 Å². The van der Waals surface area contributed by atoms with Crippen LogP contribution in [0.4, 0.5) is 0 Å². The van der Waals surface area contributed by atoms with Gasteiger partial charge in [-0.25, -0.2) is 0 Å². The van der Waals surface area contributed by atoms with Gasteiger partial charge in [-0.05, 0) is 31.6 Å². The van der Waals surface area contributed by atoms with Crippen LogP contribution in [0.5, 0.6) is 0 Å². The molecule has 106 valence electrons. The molecule has 0 fully saturated rings. The van der Waals surface area contributed by atoms with E-state index in [2.05, 4.69) is 41.7 Å².